The molecule has 1 heterocycles. The molecule has 0 aliphatic carbocycles. The standard InChI is InChI=1S/C23H21ClN2O6S/c1-30-16-9-12-18(21(13-16)31-2)25-23(27)22-14-26(19-5-3-4-6-20(19)32-22)33(28,29)17-10-7-15(24)8-11-17/h3-13,22H,14H2,1-2H3,(H,25,27). The van der Waals surface area contributed by atoms with Gasteiger partial charge in [-0.05, 0) is 48.5 Å². The van der Waals surface area contributed by atoms with E-state index in [1.807, 2.05) is 0 Å². The van der Waals surface area contributed by atoms with Gasteiger partial charge in [-0.25, -0.2) is 8.42 Å². The number of para-hydroxylation sites is 2. The number of ether oxygens (including phenoxy) is 3. The fraction of sp³-hybridized carbons (Fsp3) is 0.174. The molecule has 3 aromatic rings. The molecule has 1 amide bonds. The minimum atomic E-state index is -3.98. The Bertz CT molecular complexity index is 1280. The van der Waals surface area contributed by atoms with Crippen molar-refractivity contribution in [2.24, 2.45) is 0 Å². The van der Waals surface area contributed by atoms with E-state index in [2.05, 4.69) is 5.32 Å². The summed E-state index contributed by atoms with van der Waals surface area (Å²) in [5, 5.41) is 3.17. The number of amides is 1. The second-order valence-corrected chi connectivity index (χ2v) is 9.42. The molecule has 0 saturated heterocycles. The van der Waals surface area contributed by atoms with Gasteiger partial charge in [0.05, 0.1) is 37.0 Å². The third-order valence-electron chi connectivity index (χ3n) is 5.10. The summed E-state index contributed by atoms with van der Waals surface area (Å²) in [7, 11) is -0.986. The van der Waals surface area contributed by atoms with E-state index in [4.69, 9.17) is 25.8 Å². The van der Waals surface area contributed by atoms with Gasteiger partial charge in [0.15, 0.2) is 6.10 Å². The van der Waals surface area contributed by atoms with Crippen LogP contribution in [0.5, 0.6) is 17.2 Å². The van der Waals surface area contributed by atoms with Crippen LogP contribution in [0.15, 0.2) is 71.6 Å². The first-order chi connectivity index (χ1) is 15.8. The summed E-state index contributed by atoms with van der Waals surface area (Å²) in [6.07, 6.45) is -1.10. The van der Waals surface area contributed by atoms with E-state index in [-0.39, 0.29) is 17.2 Å². The van der Waals surface area contributed by atoms with Crippen LogP contribution in [0.3, 0.4) is 0 Å². The number of halogens is 1. The summed E-state index contributed by atoms with van der Waals surface area (Å²) in [6.45, 7) is -0.216. The number of carbonyl (C=O) groups is 1. The number of benzene rings is 3. The molecule has 1 N–H and O–H groups in total. The van der Waals surface area contributed by atoms with E-state index in [0.717, 1.165) is 0 Å². The van der Waals surface area contributed by atoms with Crippen LogP contribution in [0.25, 0.3) is 0 Å². The summed E-state index contributed by atoms with van der Waals surface area (Å²) in [4.78, 5) is 13.1. The Morgan fingerprint density at radius 3 is 2.48 bits per heavy atom. The Balaban J connectivity index is 1.65. The lowest BCUT2D eigenvalue weighted by molar-refractivity contribution is -0.122. The topological polar surface area (TPSA) is 94.2 Å². The Morgan fingerprint density at radius 2 is 1.79 bits per heavy atom. The van der Waals surface area contributed by atoms with Crippen molar-refractivity contribution in [1.29, 1.82) is 0 Å². The van der Waals surface area contributed by atoms with Gasteiger partial charge in [0.2, 0.25) is 0 Å². The molecule has 4 rings (SSSR count). The highest BCUT2D eigenvalue weighted by molar-refractivity contribution is 7.92. The van der Waals surface area contributed by atoms with E-state index >= 15 is 0 Å². The van der Waals surface area contributed by atoms with Crippen molar-refractivity contribution < 1.29 is 27.4 Å². The number of hydrogen-bond acceptors (Lipinski definition) is 6. The largest absolute Gasteiger partial charge is 0.497 e. The van der Waals surface area contributed by atoms with Gasteiger partial charge in [-0.2, -0.15) is 0 Å². The molecule has 1 unspecified atom stereocenters. The van der Waals surface area contributed by atoms with E-state index < -0.39 is 22.0 Å². The maximum atomic E-state index is 13.4. The van der Waals surface area contributed by atoms with Gasteiger partial charge in [-0.1, -0.05) is 23.7 Å². The molecule has 0 bridgehead atoms. The molecular weight excluding hydrogens is 468 g/mol. The quantitative estimate of drug-likeness (QED) is 0.564. The first-order valence-electron chi connectivity index (χ1n) is 9.90. The third kappa shape index (κ3) is 4.55. The highest BCUT2D eigenvalue weighted by Crippen LogP contribution is 2.37. The predicted octanol–water partition coefficient (Wildman–Crippen LogP) is 3.95. The first kappa shape index (κ1) is 22.8. The van der Waals surface area contributed by atoms with Gasteiger partial charge in [0.1, 0.15) is 17.2 Å². The highest BCUT2D eigenvalue weighted by atomic mass is 35.5. The normalized spacial score (nSPS) is 15.2. The van der Waals surface area contributed by atoms with Crippen LogP contribution in [-0.2, 0) is 14.8 Å². The van der Waals surface area contributed by atoms with Crippen LogP contribution in [0, 0.1) is 0 Å². The highest BCUT2D eigenvalue weighted by Gasteiger charge is 2.37. The van der Waals surface area contributed by atoms with Crippen molar-refractivity contribution in [3.05, 3.63) is 71.8 Å². The molecule has 8 nitrogen and oxygen atoms in total. The molecular formula is C23H21ClN2O6S. The van der Waals surface area contributed by atoms with Crippen LogP contribution >= 0.6 is 11.6 Å². The predicted molar refractivity (Wildman–Crippen MR) is 125 cm³/mol. The number of rotatable bonds is 6. The van der Waals surface area contributed by atoms with Gasteiger partial charge >= 0.3 is 0 Å². The lowest BCUT2D eigenvalue weighted by Gasteiger charge is -2.34. The summed E-state index contributed by atoms with van der Waals surface area (Å²) in [6, 6.07) is 17.4. The molecule has 33 heavy (non-hydrogen) atoms. The molecule has 172 valence electrons. The molecule has 0 fully saturated rings. The Hall–Kier alpha value is -3.43. The molecule has 0 aromatic heterocycles. The van der Waals surface area contributed by atoms with E-state index in [1.54, 1.807) is 42.5 Å². The number of methoxy groups -OCH3 is 2. The minimum absolute atomic E-state index is 0.0552. The number of anilines is 2. The number of sulfonamides is 1. The fourth-order valence-corrected chi connectivity index (χ4v) is 5.02. The van der Waals surface area contributed by atoms with Gasteiger partial charge in [-0.15, -0.1) is 0 Å². The number of nitrogens with zero attached hydrogens (tertiary/aromatic N) is 1. The molecule has 3 aromatic carbocycles. The number of hydrogen-bond donors (Lipinski definition) is 1. The summed E-state index contributed by atoms with van der Waals surface area (Å²) < 4.78 is 44.4. The lowest BCUT2D eigenvalue weighted by Crippen LogP contribution is -2.48. The van der Waals surface area contributed by atoms with Crippen molar-refractivity contribution in [3.63, 3.8) is 0 Å². The molecule has 1 aliphatic heterocycles. The van der Waals surface area contributed by atoms with E-state index in [9.17, 15) is 13.2 Å². The molecule has 1 atom stereocenters. The number of carbonyl (C=O) groups excluding carboxylic acids is 1. The van der Waals surface area contributed by atoms with Crippen molar-refractivity contribution in [1.82, 2.24) is 0 Å². The first-order valence-corrected chi connectivity index (χ1v) is 11.7. The van der Waals surface area contributed by atoms with Crippen LogP contribution in [0.1, 0.15) is 0 Å². The second-order valence-electron chi connectivity index (χ2n) is 7.12. The van der Waals surface area contributed by atoms with Crippen LogP contribution in [0.2, 0.25) is 5.02 Å². The fourth-order valence-electron chi connectivity index (χ4n) is 3.42. The average molecular weight is 489 g/mol. The van der Waals surface area contributed by atoms with Crippen molar-refractivity contribution >= 4 is 38.9 Å². The zero-order valence-electron chi connectivity index (χ0n) is 17.8. The van der Waals surface area contributed by atoms with E-state index in [0.29, 0.717) is 27.9 Å². The Morgan fingerprint density at radius 1 is 1.06 bits per heavy atom. The van der Waals surface area contributed by atoms with Gasteiger partial charge in [0, 0.05) is 11.1 Å². The molecule has 0 saturated carbocycles. The molecule has 10 heteroatoms. The van der Waals surface area contributed by atoms with Crippen molar-refractivity contribution in [3.8, 4) is 17.2 Å². The smallest absolute Gasteiger partial charge is 0.267 e. The monoisotopic (exact) mass is 488 g/mol. The summed E-state index contributed by atoms with van der Waals surface area (Å²) in [5.74, 6) is 0.713. The number of fused-ring (bicyclic) bond motifs is 1. The third-order valence-corrected chi connectivity index (χ3v) is 7.14. The van der Waals surface area contributed by atoms with Gasteiger partial charge in [-0.3, -0.25) is 9.10 Å². The lowest BCUT2D eigenvalue weighted by atomic mass is 10.2. The van der Waals surface area contributed by atoms with Crippen molar-refractivity contribution in [2.45, 2.75) is 11.0 Å². The number of nitrogens with one attached hydrogen (secondary N) is 1. The Kier molecular flexibility index (Phi) is 6.35. The summed E-state index contributed by atoms with van der Waals surface area (Å²) >= 11 is 5.91. The Labute approximate surface area is 196 Å². The zero-order valence-corrected chi connectivity index (χ0v) is 19.4. The SMILES string of the molecule is COc1ccc(NC(=O)C2CN(S(=O)(=O)c3ccc(Cl)cc3)c3ccccc3O2)c(OC)c1. The zero-order chi connectivity index (χ0) is 23.6. The van der Waals surface area contributed by atoms with Crippen molar-refractivity contribution in [2.75, 3.05) is 30.4 Å². The maximum absolute atomic E-state index is 13.4. The molecule has 0 radical (unpaired) electrons. The van der Waals surface area contributed by atoms with Crippen LogP contribution < -0.4 is 23.8 Å². The minimum Gasteiger partial charge on any atom is -0.497 e. The van der Waals surface area contributed by atoms with Gasteiger partial charge in [0.25, 0.3) is 15.9 Å². The molecule has 0 spiro atoms. The maximum Gasteiger partial charge on any atom is 0.267 e. The van der Waals surface area contributed by atoms with Gasteiger partial charge < -0.3 is 19.5 Å². The van der Waals surface area contributed by atoms with Crippen LogP contribution in [0.4, 0.5) is 11.4 Å². The average Bonchev–Trinajstić information content (AvgIpc) is 2.83. The second kappa shape index (κ2) is 9.21. The summed E-state index contributed by atoms with van der Waals surface area (Å²) in [5.41, 5.74) is 0.747. The van der Waals surface area contributed by atoms with Crippen LogP contribution in [-0.4, -0.2) is 41.2 Å². The van der Waals surface area contributed by atoms with E-state index in [1.165, 1.54) is 42.8 Å². The molecule has 1 aliphatic rings.